The van der Waals surface area contributed by atoms with Crippen LogP contribution in [-0.4, -0.2) is 16.3 Å². The molecule has 0 aliphatic rings. The maximum atomic E-state index is 13.4. The van der Waals surface area contributed by atoms with Gasteiger partial charge in [-0.1, -0.05) is 0 Å². The molecular formula is C14HF10O6P. The molecule has 0 amide bonds. The fourth-order valence-electron chi connectivity index (χ4n) is 1.72. The quantitative estimate of drug-likeness (QED) is 0.282. The van der Waals surface area contributed by atoms with E-state index in [-0.39, 0.29) is 0 Å². The minimum Gasteiger partial charge on any atom is -0.412 e. The minimum atomic E-state index is -6.44. The highest BCUT2D eigenvalue weighted by atomic mass is 31.2. The van der Waals surface area contributed by atoms with Crippen molar-refractivity contribution in [1.29, 1.82) is 0 Å². The van der Waals surface area contributed by atoms with Crippen LogP contribution in [0.3, 0.4) is 0 Å². The Labute approximate surface area is 162 Å². The summed E-state index contributed by atoms with van der Waals surface area (Å²) in [7, 11) is -6.44. The van der Waals surface area contributed by atoms with Crippen LogP contribution >= 0.6 is 7.37 Å². The highest BCUT2D eigenvalue weighted by molar-refractivity contribution is 7.89. The van der Waals surface area contributed by atoms with E-state index >= 15 is 0 Å². The molecule has 2 aromatic rings. The summed E-state index contributed by atoms with van der Waals surface area (Å²) < 4.78 is 150. The molecule has 0 unspecified atom stereocenters. The average Bonchev–Trinajstić information content (AvgIpc) is 2.73. The number of ether oxygens (including phenoxy) is 2. The Bertz CT molecular complexity index is 1040. The third kappa shape index (κ3) is 3.95. The van der Waals surface area contributed by atoms with Crippen LogP contribution in [0.4, 0.5) is 53.5 Å². The van der Waals surface area contributed by atoms with Crippen LogP contribution in [0.15, 0.2) is 0 Å². The van der Waals surface area contributed by atoms with Gasteiger partial charge in [0.05, 0.1) is 0 Å². The van der Waals surface area contributed by atoms with Crippen LogP contribution in [0.25, 0.3) is 0 Å². The fourth-order valence-corrected chi connectivity index (χ4v) is 2.30. The summed E-state index contributed by atoms with van der Waals surface area (Å²) >= 11 is 0. The standard InChI is InChI=1S/C14HF10O6P/c15-1-3(17)7(21)11(8(22)4(1)18)29-13(25)31(27,28)14(26)30-12-9(23)5(19)2(16)6(20)10(12)24/h(H,27,28). The summed E-state index contributed by atoms with van der Waals surface area (Å²) in [6, 6.07) is 0. The molecule has 1 N–H and O–H groups in total. The number of carbonyl (C=O) groups is 2. The van der Waals surface area contributed by atoms with Crippen molar-refractivity contribution in [2.24, 2.45) is 0 Å². The lowest BCUT2D eigenvalue weighted by Gasteiger charge is -2.13. The first-order chi connectivity index (χ1) is 14.1. The minimum absolute atomic E-state index is 2.44. The van der Waals surface area contributed by atoms with Crippen LogP contribution in [0, 0.1) is 58.2 Å². The zero-order valence-electron chi connectivity index (χ0n) is 13.7. The number of hydrogen-bond acceptors (Lipinski definition) is 5. The Balaban J connectivity index is 2.41. The van der Waals surface area contributed by atoms with Crippen molar-refractivity contribution in [2.45, 2.75) is 0 Å². The number of halogens is 10. The van der Waals surface area contributed by atoms with Crippen molar-refractivity contribution >= 4 is 18.8 Å². The molecule has 31 heavy (non-hydrogen) atoms. The van der Waals surface area contributed by atoms with Crippen LogP contribution in [0.5, 0.6) is 11.5 Å². The van der Waals surface area contributed by atoms with Gasteiger partial charge < -0.3 is 14.4 Å². The van der Waals surface area contributed by atoms with E-state index in [1.807, 2.05) is 0 Å². The van der Waals surface area contributed by atoms with Gasteiger partial charge in [-0.2, -0.15) is 17.6 Å². The molecule has 0 aliphatic heterocycles. The second kappa shape index (κ2) is 8.19. The molecule has 0 aromatic heterocycles. The monoisotopic (exact) mass is 486 g/mol. The van der Waals surface area contributed by atoms with E-state index in [9.17, 15) is 63.0 Å². The van der Waals surface area contributed by atoms with E-state index in [4.69, 9.17) is 0 Å². The van der Waals surface area contributed by atoms with Gasteiger partial charge in [0, 0.05) is 0 Å². The molecule has 168 valence electrons. The molecule has 0 radical (unpaired) electrons. The van der Waals surface area contributed by atoms with Crippen molar-refractivity contribution in [3.63, 3.8) is 0 Å². The molecule has 0 atom stereocenters. The molecule has 0 aliphatic carbocycles. The van der Waals surface area contributed by atoms with Crippen LogP contribution in [0.1, 0.15) is 0 Å². The Kier molecular flexibility index (Phi) is 6.38. The SMILES string of the molecule is O=C(Oc1c(F)c(F)c(F)c(F)c1F)P(=O)(O)C(=O)Oc1c(F)c(F)c(F)c(F)c1F. The van der Waals surface area contributed by atoms with Crippen LogP contribution in [-0.2, 0) is 4.57 Å². The van der Waals surface area contributed by atoms with E-state index in [1.54, 1.807) is 0 Å². The maximum Gasteiger partial charge on any atom is 0.411 e. The van der Waals surface area contributed by atoms with E-state index in [0.717, 1.165) is 0 Å². The van der Waals surface area contributed by atoms with E-state index < -0.39 is 88.5 Å². The van der Waals surface area contributed by atoms with Crippen molar-refractivity contribution in [1.82, 2.24) is 0 Å². The summed E-state index contributed by atoms with van der Waals surface area (Å²) in [6.07, 6.45) is 0. The summed E-state index contributed by atoms with van der Waals surface area (Å²) in [6.45, 7) is 0. The topological polar surface area (TPSA) is 89.9 Å². The lowest BCUT2D eigenvalue weighted by Crippen LogP contribution is -2.20. The summed E-state index contributed by atoms with van der Waals surface area (Å²) in [5.74, 6) is -32.3. The van der Waals surface area contributed by atoms with E-state index in [2.05, 4.69) is 9.47 Å². The van der Waals surface area contributed by atoms with Crippen molar-refractivity contribution in [3.05, 3.63) is 58.2 Å². The fraction of sp³-hybridized carbons (Fsp3) is 0. The van der Waals surface area contributed by atoms with Gasteiger partial charge in [0.1, 0.15) is 0 Å². The number of benzene rings is 2. The zero-order chi connectivity index (χ0) is 24.0. The smallest absolute Gasteiger partial charge is 0.411 e. The molecule has 0 heterocycles. The largest absolute Gasteiger partial charge is 0.412 e. The normalized spacial score (nSPS) is 11.5. The molecule has 0 fully saturated rings. The third-order valence-electron chi connectivity index (χ3n) is 3.21. The summed E-state index contributed by atoms with van der Waals surface area (Å²) in [5.41, 5.74) is -5.91. The van der Waals surface area contributed by atoms with Gasteiger partial charge in [-0.05, 0) is 0 Å². The summed E-state index contributed by atoms with van der Waals surface area (Å²) in [4.78, 5) is 32.4. The van der Waals surface area contributed by atoms with Crippen LogP contribution in [0.2, 0.25) is 0 Å². The Hall–Kier alpha value is -3.13. The predicted octanol–water partition coefficient (Wildman–Crippen LogP) is 5.05. The van der Waals surface area contributed by atoms with Gasteiger partial charge in [0.2, 0.25) is 69.7 Å². The molecule has 0 bridgehead atoms. The molecule has 0 saturated heterocycles. The third-order valence-corrected chi connectivity index (χ3v) is 4.39. The molecule has 2 rings (SSSR count). The first kappa shape index (κ1) is 24.1. The van der Waals surface area contributed by atoms with Gasteiger partial charge in [-0.3, -0.25) is 4.57 Å². The second-order valence-electron chi connectivity index (χ2n) is 5.11. The van der Waals surface area contributed by atoms with E-state index in [1.165, 1.54) is 0 Å². The molecule has 0 saturated carbocycles. The first-order valence-corrected chi connectivity index (χ1v) is 8.60. The number of carbonyl (C=O) groups excluding carboxylic acids is 2. The van der Waals surface area contributed by atoms with Gasteiger partial charge in [0.15, 0.2) is 0 Å². The van der Waals surface area contributed by atoms with Gasteiger partial charge in [-0.15, -0.1) is 0 Å². The van der Waals surface area contributed by atoms with Crippen LogP contribution < -0.4 is 9.47 Å². The second-order valence-corrected chi connectivity index (χ2v) is 6.99. The van der Waals surface area contributed by atoms with Gasteiger partial charge in [0.25, 0.3) is 0 Å². The molecule has 6 nitrogen and oxygen atoms in total. The number of hydrogen-bond donors (Lipinski definition) is 1. The van der Waals surface area contributed by atoms with Crippen molar-refractivity contribution in [2.75, 3.05) is 0 Å². The van der Waals surface area contributed by atoms with Gasteiger partial charge in [-0.25, -0.2) is 35.9 Å². The Morgan fingerprint density at radius 1 is 0.516 bits per heavy atom. The molecule has 2 aromatic carbocycles. The Morgan fingerprint density at radius 3 is 0.935 bits per heavy atom. The van der Waals surface area contributed by atoms with Crippen molar-refractivity contribution in [3.8, 4) is 11.5 Å². The highest BCUT2D eigenvalue weighted by Crippen LogP contribution is 2.47. The lowest BCUT2D eigenvalue weighted by atomic mass is 10.3. The average molecular weight is 486 g/mol. The Morgan fingerprint density at radius 2 is 0.710 bits per heavy atom. The summed E-state index contributed by atoms with van der Waals surface area (Å²) in [5, 5.41) is 0. The highest BCUT2D eigenvalue weighted by Gasteiger charge is 2.45. The van der Waals surface area contributed by atoms with Crippen molar-refractivity contribution < 1.29 is 72.4 Å². The van der Waals surface area contributed by atoms with E-state index in [0.29, 0.717) is 0 Å². The van der Waals surface area contributed by atoms with Gasteiger partial charge >= 0.3 is 18.8 Å². The lowest BCUT2D eigenvalue weighted by molar-refractivity contribution is 0.203. The zero-order valence-corrected chi connectivity index (χ0v) is 14.6. The molecule has 0 spiro atoms. The molecule has 17 heteroatoms. The molecular weight excluding hydrogens is 485 g/mol. The predicted molar refractivity (Wildman–Crippen MR) is 74.3 cm³/mol. The maximum absolute atomic E-state index is 13.4. The number of rotatable bonds is 4. The first-order valence-electron chi connectivity index (χ1n) is 6.94.